The van der Waals surface area contributed by atoms with Crippen LogP contribution in [-0.4, -0.2) is 60.9 Å². The Morgan fingerprint density at radius 2 is 1.86 bits per heavy atom. The molecule has 1 heterocycles. The van der Waals surface area contributed by atoms with Crippen LogP contribution >= 0.6 is 0 Å². The maximum absolute atomic E-state index is 11.3. The molecule has 1 aromatic rings. The zero-order valence-corrected chi connectivity index (χ0v) is 13.4. The first kappa shape index (κ1) is 16.3. The Morgan fingerprint density at radius 1 is 1.23 bits per heavy atom. The number of piperazine rings is 1. The summed E-state index contributed by atoms with van der Waals surface area (Å²) in [6, 6.07) is 8.03. The highest BCUT2D eigenvalue weighted by Crippen LogP contribution is 2.07. The van der Waals surface area contributed by atoms with E-state index in [9.17, 15) is 4.79 Å². The quantitative estimate of drug-likeness (QED) is 0.640. The van der Waals surface area contributed by atoms with Crippen LogP contribution < -0.4 is 11.1 Å². The zero-order chi connectivity index (χ0) is 15.9. The zero-order valence-electron chi connectivity index (χ0n) is 13.4. The molecule has 0 aliphatic carbocycles. The van der Waals surface area contributed by atoms with Gasteiger partial charge in [-0.05, 0) is 19.1 Å². The lowest BCUT2D eigenvalue weighted by molar-refractivity contribution is -0.130. The molecule has 0 bridgehead atoms. The van der Waals surface area contributed by atoms with E-state index in [4.69, 9.17) is 5.73 Å². The first-order chi connectivity index (χ1) is 10.5. The molecule has 1 saturated heterocycles. The number of guanidine groups is 1. The molecule has 1 fully saturated rings. The smallest absolute Gasteiger partial charge is 0.219 e. The Bertz CT molecular complexity index is 518. The van der Waals surface area contributed by atoms with Crippen LogP contribution in [0.2, 0.25) is 0 Å². The number of amides is 1. The summed E-state index contributed by atoms with van der Waals surface area (Å²) < 4.78 is 0. The van der Waals surface area contributed by atoms with Crippen molar-refractivity contribution in [2.24, 2.45) is 10.7 Å². The molecule has 1 aliphatic rings. The fourth-order valence-electron chi connectivity index (χ4n) is 2.42. The lowest BCUT2D eigenvalue weighted by Gasteiger charge is -2.33. The first-order valence-corrected chi connectivity index (χ1v) is 7.66. The third-order valence-electron chi connectivity index (χ3n) is 3.84. The molecule has 6 heteroatoms. The average Bonchev–Trinajstić information content (AvgIpc) is 2.50. The van der Waals surface area contributed by atoms with E-state index in [1.165, 1.54) is 5.56 Å². The van der Waals surface area contributed by atoms with Crippen molar-refractivity contribution >= 4 is 17.6 Å². The first-order valence-electron chi connectivity index (χ1n) is 7.66. The maximum atomic E-state index is 11.3. The number of nitrogens with zero attached hydrogens (tertiary/aromatic N) is 3. The Balaban J connectivity index is 1.71. The van der Waals surface area contributed by atoms with E-state index in [-0.39, 0.29) is 5.91 Å². The van der Waals surface area contributed by atoms with Gasteiger partial charge in [-0.2, -0.15) is 0 Å². The molecule has 1 aromatic carbocycles. The number of aliphatic imine (C=N–C) groups is 1. The van der Waals surface area contributed by atoms with Gasteiger partial charge in [0.1, 0.15) is 0 Å². The van der Waals surface area contributed by atoms with Crippen molar-refractivity contribution < 1.29 is 4.79 Å². The lowest BCUT2D eigenvalue weighted by atomic mass is 10.2. The molecular weight excluding hydrogens is 278 g/mol. The van der Waals surface area contributed by atoms with Gasteiger partial charge in [0.25, 0.3) is 0 Å². The summed E-state index contributed by atoms with van der Waals surface area (Å²) in [6.45, 7) is 8.60. The fraction of sp³-hybridized carbons (Fsp3) is 0.500. The van der Waals surface area contributed by atoms with Gasteiger partial charge in [-0.25, -0.2) is 0 Å². The van der Waals surface area contributed by atoms with E-state index in [1.807, 2.05) is 36.1 Å². The minimum Gasteiger partial charge on any atom is -0.370 e. The second kappa shape index (κ2) is 7.79. The summed E-state index contributed by atoms with van der Waals surface area (Å²) in [5.74, 6) is 0.593. The van der Waals surface area contributed by atoms with Crippen molar-refractivity contribution in [3.05, 3.63) is 29.8 Å². The molecule has 120 valence electrons. The van der Waals surface area contributed by atoms with Gasteiger partial charge in [0, 0.05) is 45.3 Å². The number of aryl methyl sites for hydroxylation is 1. The Kier molecular flexibility index (Phi) is 5.77. The number of hydrogen-bond acceptors (Lipinski definition) is 3. The number of anilines is 1. The van der Waals surface area contributed by atoms with Crippen LogP contribution in [0.3, 0.4) is 0 Å². The largest absolute Gasteiger partial charge is 0.370 e. The van der Waals surface area contributed by atoms with Crippen molar-refractivity contribution in [2.45, 2.75) is 13.8 Å². The molecule has 22 heavy (non-hydrogen) atoms. The molecule has 0 saturated carbocycles. The van der Waals surface area contributed by atoms with Gasteiger partial charge >= 0.3 is 0 Å². The Hall–Kier alpha value is -2.08. The van der Waals surface area contributed by atoms with Gasteiger partial charge in [0.05, 0.1) is 6.54 Å². The Labute approximate surface area is 132 Å². The maximum Gasteiger partial charge on any atom is 0.219 e. The summed E-state index contributed by atoms with van der Waals surface area (Å²) in [7, 11) is 0. The monoisotopic (exact) mass is 303 g/mol. The van der Waals surface area contributed by atoms with Crippen molar-refractivity contribution in [1.29, 1.82) is 0 Å². The highest BCUT2D eigenvalue weighted by Gasteiger charge is 2.17. The number of carbonyl (C=O) groups is 1. The van der Waals surface area contributed by atoms with Gasteiger partial charge in [0.15, 0.2) is 5.96 Å². The average molecular weight is 303 g/mol. The highest BCUT2D eigenvalue weighted by molar-refractivity contribution is 5.92. The highest BCUT2D eigenvalue weighted by atomic mass is 16.2. The van der Waals surface area contributed by atoms with E-state index in [0.29, 0.717) is 12.5 Å². The van der Waals surface area contributed by atoms with Crippen LogP contribution in [0.25, 0.3) is 0 Å². The number of nitrogens with two attached hydrogens (primary N) is 1. The van der Waals surface area contributed by atoms with Gasteiger partial charge in [-0.1, -0.05) is 17.7 Å². The van der Waals surface area contributed by atoms with Gasteiger partial charge in [-0.15, -0.1) is 0 Å². The van der Waals surface area contributed by atoms with E-state index in [0.717, 1.165) is 38.4 Å². The molecule has 1 aliphatic heterocycles. The molecule has 0 unspecified atom stereocenters. The normalized spacial score (nSPS) is 16.6. The van der Waals surface area contributed by atoms with Crippen molar-refractivity contribution in [3.8, 4) is 0 Å². The number of nitrogens with one attached hydrogen (secondary N) is 1. The molecule has 6 nitrogen and oxygen atoms in total. The fourth-order valence-corrected chi connectivity index (χ4v) is 2.42. The molecule has 0 atom stereocenters. The second-order valence-electron chi connectivity index (χ2n) is 5.61. The second-order valence-corrected chi connectivity index (χ2v) is 5.61. The number of hydrogen-bond donors (Lipinski definition) is 2. The Morgan fingerprint density at radius 3 is 2.45 bits per heavy atom. The van der Waals surface area contributed by atoms with E-state index >= 15 is 0 Å². The number of carbonyl (C=O) groups excluding carboxylic acids is 1. The van der Waals surface area contributed by atoms with Gasteiger partial charge in [0.2, 0.25) is 5.91 Å². The topological polar surface area (TPSA) is 74.0 Å². The van der Waals surface area contributed by atoms with Crippen molar-refractivity contribution in [1.82, 2.24) is 9.80 Å². The van der Waals surface area contributed by atoms with Crippen LogP contribution in [0, 0.1) is 6.92 Å². The molecule has 0 aromatic heterocycles. The molecular formula is C16H25N5O. The summed E-state index contributed by atoms with van der Waals surface area (Å²) in [4.78, 5) is 19.8. The van der Waals surface area contributed by atoms with Crippen LogP contribution in [-0.2, 0) is 4.79 Å². The minimum absolute atomic E-state index is 0.157. The predicted molar refractivity (Wildman–Crippen MR) is 90.0 cm³/mol. The summed E-state index contributed by atoms with van der Waals surface area (Å²) in [6.07, 6.45) is 0. The lowest BCUT2D eigenvalue weighted by Crippen LogP contribution is -2.48. The summed E-state index contributed by atoms with van der Waals surface area (Å²) >= 11 is 0. The van der Waals surface area contributed by atoms with Gasteiger partial charge in [-0.3, -0.25) is 14.7 Å². The van der Waals surface area contributed by atoms with Gasteiger partial charge < -0.3 is 16.0 Å². The molecule has 3 N–H and O–H groups in total. The number of benzene rings is 1. The number of rotatable bonds is 4. The van der Waals surface area contributed by atoms with Crippen molar-refractivity contribution in [3.63, 3.8) is 0 Å². The molecule has 0 spiro atoms. The summed E-state index contributed by atoms with van der Waals surface area (Å²) in [5.41, 5.74) is 8.05. The standard InChI is InChI=1S/C16H25N5O/c1-13-3-5-15(6-4-13)19-16(17)18-7-8-20-9-11-21(12-10-20)14(2)22/h3-6H,7-12H2,1-2H3,(H3,17,18,19). The van der Waals surface area contributed by atoms with E-state index in [1.54, 1.807) is 6.92 Å². The van der Waals surface area contributed by atoms with Crippen LogP contribution in [0.15, 0.2) is 29.3 Å². The molecule has 0 radical (unpaired) electrons. The van der Waals surface area contributed by atoms with Crippen molar-refractivity contribution in [2.75, 3.05) is 44.6 Å². The summed E-state index contributed by atoms with van der Waals surface area (Å²) in [5, 5.41) is 3.09. The van der Waals surface area contributed by atoms with Crippen LogP contribution in [0.1, 0.15) is 12.5 Å². The SMILES string of the molecule is CC(=O)N1CCN(CCN=C(N)Nc2ccc(C)cc2)CC1. The minimum atomic E-state index is 0.157. The third kappa shape index (κ3) is 5.04. The molecule has 2 rings (SSSR count). The van der Waals surface area contributed by atoms with Crippen LogP contribution in [0.5, 0.6) is 0 Å². The van der Waals surface area contributed by atoms with E-state index in [2.05, 4.69) is 15.2 Å². The predicted octanol–water partition coefficient (Wildman–Crippen LogP) is 0.886. The van der Waals surface area contributed by atoms with Crippen LogP contribution in [0.4, 0.5) is 5.69 Å². The third-order valence-corrected chi connectivity index (χ3v) is 3.84. The molecule has 1 amide bonds. The van der Waals surface area contributed by atoms with E-state index < -0.39 is 0 Å².